The maximum Gasteiger partial charge on any atom is 0.178 e. The van der Waals surface area contributed by atoms with E-state index < -0.39 is 52.9 Å². The molecule has 7 heteroatoms. The number of hydrogen-bond donors (Lipinski definition) is 4. The zero-order valence-corrected chi connectivity index (χ0v) is 17.1. The third kappa shape index (κ3) is 2.31. The highest BCUT2D eigenvalue weighted by Gasteiger charge is 2.76. The van der Waals surface area contributed by atoms with Crippen molar-refractivity contribution in [1.29, 1.82) is 0 Å². The first kappa shape index (κ1) is 21.1. The molecule has 0 aromatic heterocycles. The first-order valence-corrected chi connectivity index (χ1v) is 10.4. The zero-order valence-electron chi connectivity index (χ0n) is 17.1. The number of hydrogen-bond acceptors (Lipinski definition) is 6. The summed E-state index contributed by atoms with van der Waals surface area (Å²) in [6.45, 7) is 2.83. The fraction of sp³-hybridized carbons (Fsp3) is 0.773. The van der Waals surface area contributed by atoms with E-state index in [4.69, 9.17) is 4.74 Å². The van der Waals surface area contributed by atoms with Crippen molar-refractivity contribution in [3.05, 3.63) is 23.8 Å². The number of alkyl halides is 1. The number of carbonyl (C=O) groups is 1. The molecule has 4 N–H and O–H groups in total. The Morgan fingerprint density at radius 3 is 2.66 bits per heavy atom. The van der Waals surface area contributed by atoms with Gasteiger partial charge < -0.3 is 25.2 Å². The van der Waals surface area contributed by atoms with Gasteiger partial charge in [-0.15, -0.1) is 0 Å². The van der Waals surface area contributed by atoms with Crippen LogP contribution in [0.4, 0.5) is 4.39 Å². The number of ether oxygens (including phenoxy) is 1. The minimum atomic E-state index is -2.01. The molecule has 0 spiro atoms. The molecule has 0 radical (unpaired) electrons. The number of aliphatic hydroxyl groups is 4. The Balaban J connectivity index is 1.83. The van der Waals surface area contributed by atoms with E-state index in [1.54, 1.807) is 19.9 Å². The Morgan fingerprint density at radius 2 is 2.03 bits per heavy atom. The van der Waals surface area contributed by atoms with Gasteiger partial charge in [0, 0.05) is 23.9 Å². The van der Waals surface area contributed by atoms with Crippen molar-refractivity contribution in [2.75, 3.05) is 13.7 Å². The molecule has 162 valence electrons. The SMILES string of the molecule is COC1CC2C3CCC4=CC(=O)C=C[C@]4(C)C3(F)[C@@H](O)C[C@]2(C)C1(O)C(O)CO. The van der Waals surface area contributed by atoms with Crippen LogP contribution in [0.1, 0.15) is 39.5 Å². The van der Waals surface area contributed by atoms with Crippen LogP contribution in [0.15, 0.2) is 23.8 Å². The van der Waals surface area contributed by atoms with Crippen molar-refractivity contribution < 1.29 is 34.3 Å². The zero-order chi connectivity index (χ0) is 21.4. The van der Waals surface area contributed by atoms with Gasteiger partial charge in [-0.3, -0.25) is 4.79 Å². The summed E-state index contributed by atoms with van der Waals surface area (Å²) in [6, 6.07) is 0. The molecule has 3 fully saturated rings. The molecule has 0 heterocycles. The lowest BCUT2D eigenvalue weighted by Gasteiger charge is -2.63. The summed E-state index contributed by atoms with van der Waals surface area (Å²) < 4.78 is 22.5. The third-order valence-electron chi connectivity index (χ3n) is 8.87. The lowest BCUT2D eigenvalue weighted by molar-refractivity contribution is -0.250. The number of allylic oxidation sites excluding steroid dienone is 4. The van der Waals surface area contributed by atoms with Crippen LogP contribution in [0.25, 0.3) is 0 Å². The van der Waals surface area contributed by atoms with Crippen LogP contribution in [0, 0.1) is 22.7 Å². The van der Waals surface area contributed by atoms with E-state index >= 15 is 4.39 Å². The number of rotatable bonds is 3. The summed E-state index contributed by atoms with van der Waals surface area (Å²) in [4.78, 5) is 11.9. The van der Waals surface area contributed by atoms with Crippen molar-refractivity contribution in [1.82, 2.24) is 0 Å². The molecule has 0 amide bonds. The summed E-state index contributed by atoms with van der Waals surface area (Å²) in [5, 5.41) is 42.9. The number of aliphatic hydroxyl groups excluding tert-OH is 3. The predicted molar refractivity (Wildman–Crippen MR) is 103 cm³/mol. The minimum Gasteiger partial charge on any atom is -0.394 e. The molecule has 0 aliphatic heterocycles. The van der Waals surface area contributed by atoms with E-state index in [0.717, 1.165) is 0 Å². The van der Waals surface area contributed by atoms with Gasteiger partial charge in [-0.1, -0.05) is 18.6 Å². The number of fused-ring (bicyclic) bond motifs is 5. The Labute approximate surface area is 170 Å². The van der Waals surface area contributed by atoms with Gasteiger partial charge in [0.15, 0.2) is 11.5 Å². The highest BCUT2D eigenvalue weighted by molar-refractivity contribution is 6.01. The van der Waals surface area contributed by atoms with Gasteiger partial charge in [-0.2, -0.15) is 0 Å². The molecule has 0 aromatic rings. The van der Waals surface area contributed by atoms with Crippen molar-refractivity contribution in [3.63, 3.8) is 0 Å². The molecule has 6 unspecified atom stereocenters. The smallest absolute Gasteiger partial charge is 0.178 e. The van der Waals surface area contributed by atoms with Gasteiger partial charge >= 0.3 is 0 Å². The molecule has 9 atom stereocenters. The number of ketones is 1. The first-order chi connectivity index (χ1) is 13.5. The van der Waals surface area contributed by atoms with Gasteiger partial charge in [-0.05, 0) is 50.7 Å². The summed E-state index contributed by atoms with van der Waals surface area (Å²) >= 11 is 0. The molecule has 4 aliphatic carbocycles. The van der Waals surface area contributed by atoms with Crippen LogP contribution in [-0.2, 0) is 9.53 Å². The van der Waals surface area contributed by atoms with Crippen LogP contribution in [0.2, 0.25) is 0 Å². The molecular formula is C22H31FO6. The highest BCUT2D eigenvalue weighted by atomic mass is 19.1. The molecule has 4 rings (SSSR count). The second kappa shape index (κ2) is 6.44. The van der Waals surface area contributed by atoms with Crippen LogP contribution >= 0.6 is 0 Å². The van der Waals surface area contributed by atoms with Crippen LogP contribution in [0.3, 0.4) is 0 Å². The second-order valence-corrected chi connectivity index (χ2v) is 9.75. The van der Waals surface area contributed by atoms with Gasteiger partial charge in [-0.25, -0.2) is 4.39 Å². The summed E-state index contributed by atoms with van der Waals surface area (Å²) in [5.41, 5.74) is -5.27. The van der Waals surface area contributed by atoms with Crippen LogP contribution in [0.5, 0.6) is 0 Å². The lowest BCUT2D eigenvalue weighted by atomic mass is 9.44. The quantitative estimate of drug-likeness (QED) is 0.554. The molecule has 29 heavy (non-hydrogen) atoms. The van der Waals surface area contributed by atoms with Gasteiger partial charge in [0.25, 0.3) is 0 Å². The van der Waals surface area contributed by atoms with Crippen molar-refractivity contribution in [2.45, 2.75) is 69.1 Å². The fourth-order valence-electron chi connectivity index (χ4n) is 7.24. The van der Waals surface area contributed by atoms with E-state index in [1.165, 1.54) is 19.3 Å². The Morgan fingerprint density at radius 1 is 1.34 bits per heavy atom. The Hall–Kier alpha value is -1.12. The van der Waals surface area contributed by atoms with Crippen LogP contribution in [-0.4, -0.2) is 69.5 Å². The molecule has 3 saturated carbocycles. The summed E-state index contributed by atoms with van der Waals surface area (Å²) in [5.74, 6) is -1.12. The molecule has 4 aliphatic rings. The Bertz CT molecular complexity index is 781. The van der Waals surface area contributed by atoms with E-state index in [1.807, 2.05) is 0 Å². The van der Waals surface area contributed by atoms with E-state index in [-0.39, 0.29) is 18.1 Å². The highest BCUT2D eigenvalue weighted by Crippen LogP contribution is 2.70. The lowest BCUT2D eigenvalue weighted by Crippen LogP contribution is -2.70. The van der Waals surface area contributed by atoms with Crippen molar-refractivity contribution >= 4 is 5.78 Å². The van der Waals surface area contributed by atoms with Gasteiger partial charge in [0.1, 0.15) is 11.7 Å². The van der Waals surface area contributed by atoms with Crippen molar-refractivity contribution in [2.24, 2.45) is 22.7 Å². The average molecular weight is 410 g/mol. The topological polar surface area (TPSA) is 107 Å². The first-order valence-electron chi connectivity index (χ1n) is 10.4. The predicted octanol–water partition coefficient (Wildman–Crippen LogP) is 1.07. The van der Waals surface area contributed by atoms with Gasteiger partial charge in [0.05, 0.1) is 18.8 Å². The largest absolute Gasteiger partial charge is 0.394 e. The minimum absolute atomic E-state index is 0.0806. The van der Waals surface area contributed by atoms with E-state index in [2.05, 4.69) is 0 Å². The Kier molecular flexibility index (Phi) is 4.69. The summed E-state index contributed by atoms with van der Waals surface area (Å²) in [7, 11) is 1.43. The van der Waals surface area contributed by atoms with Crippen molar-refractivity contribution in [3.8, 4) is 0 Å². The molecule has 0 aromatic carbocycles. The average Bonchev–Trinajstić information content (AvgIpc) is 2.91. The maximum absolute atomic E-state index is 16.9. The number of carbonyl (C=O) groups excluding carboxylic acids is 1. The molecule has 6 nitrogen and oxygen atoms in total. The monoisotopic (exact) mass is 410 g/mol. The van der Waals surface area contributed by atoms with Gasteiger partial charge in [0.2, 0.25) is 0 Å². The standard InChI is InChI=1S/C22H31FO6/c1-19-7-6-13(25)8-12(19)4-5-14-15-9-18(29-3)22(28,17(27)11-24)20(15,2)10-16(26)21(14,19)23/h6-8,14-18,24,26-28H,4-5,9-11H2,1-3H3/t14?,15?,16-,17?,18?,19-,20-,21?,22?/m0/s1. The number of halogens is 1. The maximum atomic E-state index is 16.9. The molecule has 0 saturated heterocycles. The molecular weight excluding hydrogens is 379 g/mol. The second-order valence-electron chi connectivity index (χ2n) is 9.75. The van der Waals surface area contributed by atoms with E-state index in [0.29, 0.717) is 24.8 Å². The fourth-order valence-corrected chi connectivity index (χ4v) is 7.24. The molecule has 0 bridgehead atoms. The number of methoxy groups -OCH3 is 1. The third-order valence-corrected chi connectivity index (χ3v) is 8.87. The van der Waals surface area contributed by atoms with E-state index in [9.17, 15) is 25.2 Å². The van der Waals surface area contributed by atoms with Crippen LogP contribution < -0.4 is 0 Å². The summed E-state index contributed by atoms with van der Waals surface area (Å²) in [6.07, 6.45) is 1.96. The normalized spacial score (nSPS) is 52.4.